The molecule has 0 unspecified atom stereocenters. The minimum Gasteiger partial charge on any atom is -0.335 e. The van der Waals surface area contributed by atoms with Crippen LogP contribution in [0.5, 0.6) is 0 Å². The van der Waals surface area contributed by atoms with Crippen LogP contribution in [0.15, 0.2) is 59.8 Å². The molecule has 0 amide bonds. The summed E-state index contributed by atoms with van der Waals surface area (Å²) in [7, 11) is 0. The van der Waals surface area contributed by atoms with Gasteiger partial charge in [-0.15, -0.1) is 10.2 Å². The van der Waals surface area contributed by atoms with E-state index in [1.54, 1.807) is 0 Å². The van der Waals surface area contributed by atoms with Crippen LogP contribution in [0.3, 0.4) is 0 Å². The molecule has 106 valence electrons. The van der Waals surface area contributed by atoms with Gasteiger partial charge in [0.1, 0.15) is 0 Å². The predicted molar refractivity (Wildman–Crippen MR) is 86.6 cm³/mol. The number of rotatable bonds is 4. The molecule has 3 aromatic rings. The van der Waals surface area contributed by atoms with Crippen molar-refractivity contribution >= 4 is 23.4 Å². The molecule has 0 aliphatic heterocycles. The van der Waals surface area contributed by atoms with Gasteiger partial charge < -0.3 is 5.84 Å². The van der Waals surface area contributed by atoms with Crippen LogP contribution < -0.4 is 5.84 Å². The van der Waals surface area contributed by atoms with Gasteiger partial charge in [0.15, 0.2) is 5.82 Å². The molecule has 4 nitrogen and oxygen atoms in total. The van der Waals surface area contributed by atoms with Crippen molar-refractivity contribution in [3.05, 3.63) is 65.2 Å². The number of halogens is 1. The number of hydrogen-bond donors (Lipinski definition) is 1. The predicted octanol–water partition coefficient (Wildman–Crippen LogP) is 3.60. The number of thioether (sulfide) groups is 1. The first-order valence-corrected chi connectivity index (χ1v) is 7.74. The lowest BCUT2D eigenvalue weighted by Gasteiger charge is -2.05. The lowest BCUT2D eigenvalue weighted by atomic mass is 10.2. The molecule has 0 aliphatic carbocycles. The first-order chi connectivity index (χ1) is 10.3. The van der Waals surface area contributed by atoms with Crippen LogP contribution in [0, 0.1) is 0 Å². The molecule has 6 heteroatoms. The van der Waals surface area contributed by atoms with E-state index in [1.807, 2.05) is 54.6 Å². The Balaban J connectivity index is 1.79. The largest absolute Gasteiger partial charge is 0.335 e. The van der Waals surface area contributed by atoms with Crippen LogP contribution in [0.1, 0.15) is 5.56 Å². The zero-order valence-electron chi connectivity index (χ0n) is 11.1. The van der Waals surface area contributed by atoms with Crippen LogP contribution in [-0.4, -0.2) is 14.9 Å². The highest BCUT2D eigenvalue weighted by Gasteiger charge is 2.12. The van der Waals surface area contributed by atoms with Crippen molar-refractivity contribution in [2.75, 3.05) is 5.84 Å². The minimum absolute atomic E-state index is 0.650. The molecule has 0 saturated carbocycles. The average molecular weight is 317 g/mol. The van der Waals surface area contributed by atoms with Crippen molar-refractivity contribution in [3.63, 3.8) is 0 Å². The minimum atomic E-state index is 0.650. The number of benzene rings is 2. The molecular weight excluding hydrogens is 304 g/mol. The Bertz CT molecular complexity index is 742. The molecule has 0 fully saturated rings. The van der Waals surface area contributed by atoms with Crippen LogP contribution in [0.4, 0.5) is 0 Å². The lowest BCUT2D eigenvalue weighted by molar-refractivity contribution is 0.849. The Morgan fingerprint density at radius 3 is 2.48 bits per heavy atom. The maximum Gasteiger partial charge on any atom is 0.210 e. The van der Waals surface area contributed by atoms with Gasteiger partial charge >= 0.3 is 0 Å². The zero-order valence-corrected chi connectivity index (χ0v) is 12.7. The molecule has 21 heavy (non-hydrogen) atoms. The van der Waals surface area contributed by atoms with Crippen LogP contribution in [-0.2, 0) is 5.75 Å². The molecule has 1 aromatic heterocycles. The Labute approximate surface area is 131 Å². The van der Waals surface area contributed by atoms with Crippen molar-refractivity contribution in [2.24, 2.45) is 0 Å². The van der Waals surface area contributed by atoms with E-state index in [2.05, 4.69) is 10.2 Å². The third-order valence-electron chi connectivity index (χ3n) is 3.01. The highest BCUT2D eigenvalue weighted by Crippen LogP contribution is 2.26. The topological polar surface area (TPSA) is 56.7 Å². The van der Waals surface area contributed by atoms with Gasteiger partial charge in [-0.1, -0.05) is 71.9 Å². The van der Waals surface area contributed by atoms with Crippen molar-refractivity contribution < 1.29 is 0 Å². The molecular formula is C15H13ClN4S. The van der Waals surface area contributed by atoms with Crippen molar-refractivity contribution in [3.8, 4) is 11.4 Å². The first-order valence-electron chi connectivity index (χ1n) is 6.38. The van der Waals surface area contributed by atoms with Gasteiger partial charge in [0.25, 0.3) is 0 Å². The fourth-order valence-corrected chi connectivity index (χ4v) is 3.06. The van der Waals surface area contributed by atoms with Crippen LogP contribution in [0.2, 0.25) is 5.02 Å². The summed E-state index contributed by atoms with van der Waals surface area (Å²) in [5.74, 6) is 7.42. The second kappa shape index (κ2) is 6.20. The Morgan fingerprint density at radius 1 is 1.00 bits per heavy atom. The van der Waals surface area contributed by atoms with Crippen LogP contribution in [0.25, 0.3) is 11.4 Å². The van der Waals surface area contributed by atoms with Gasteiger partial charge in [0, 0.05) is 16.3 Å². The van der Waals surface area contributed by atoms with E-state index in [0.29, 0.717) is 16.7 Å². The second-order valence-corrected chi connectivity index (χ2v) is 5.77. The summed E-state index contributed by atoms with van der Waals surface area (Å²) in [6.07, 6.45) is 0. The van der Waals surface area contributed by atoms with E-state index in [9.17, 15) is 0 Å². The molecule has 3 rings (SSSR count). The normalized spacial score (nSPS) is 10.7. The van der Waals surface area contributed by atoms with E-state index in [0.717, 1.165) is 16.1 Å². The van der Waals surface area contributed by atoms with Gasteiger partial charge in [-0.2, -0.15) is 0 Å². The van der Waals surface area contributed by atoms with E-state index >= 15 is 0 Å². The standard InChI is InChI=1S/C15H13ClN4S/c16-13-9-5-4-8-12(13)10-21-15-19-18-14(20(15)17)11-6-2-1-3-7-11/h1-9H,10,17H2. The van der Waals surface area contributed by atoms with Crippen LogP contribution >= 0.6 is 23.4 Å². The fraction of sp³-hybridized carbons (Fsp3) is 0.0667. The molecule has 1 heterocycles. The SMILES string of the molecule is Nn1c(SCc2ccccc2Cl)nnc1-c1ccccc1. The number of nitrogens with zero attached hydrogens (tertiary/aromatic N) is 3. The maximum absolute atomic E-state index is 6.14. The summed E-state index contributed by atoms with van der Waals surface area (Å²) in [6, 6.07) is 17.5. The Hall–Kier alpha value is -1.98. The summed E-state index contributed by atoms with van der Waals surface area (Å²) in [5, 5.41) is 9.71. The fourth-order valence-electron chi connectivity index (χ4n) is 1.92. The smallest absolute Gasteiger partial charge is 0.210 e. The second-order valence-electron chi connectivity index (χ2n) is 4.42. The summed E-state index contributed by atoms with van der Waals surface area (Å²) >= 11 is 7.65. The van der Waals surface area contributed by atoms with Gasteiger partial charge in [-0.3, -0.25) is 0 Å². The number of nitrogens with two attached hydrogens (primary N) is 1. The Morgan fingerprint density at radius 2 is 1.71 bits per heavy atom. The van der Waals surface area contributed by atoms with Crippen molar-refractivity contribution in [1.29, 1.82) is 0 Å². The highest BCUT2D eigenvalue weighted by atomic mass is 35.5. The zero-order chi connectivity index (χ0) is 14.7. The van der Waals surface area contributed by atoms with Gasteiger partial charge in [0.05, 0.1) is 0 Å². The van der Waals surface area contributed by atoms with Gasteiger partial charge in [-0.05, 0) is 11.6 Å². The van der Waals surface area contributed by atoms with E-state index in [1.165, 1.54) is 16.4 Å². The van der Waals surface area contributed by atoms with Crippen molar-refractivity contribution in [2.45, 2.75) is 10.9 Å². The average Bonchev–Trinajstić information content (AvgIpc) is 2.88. The van der Waals surface area contributed by atoms with E-state index < -0.39 is 0 Å². The summed E-state index contributed by atoms with van der Waals surface area (Å²) in [4.78, 5) is 0. The molecule has 2 N–H and O–H groups in total. The van der Waals surface area contributed by atoms with Gasteiger partial charge in [-0.25, -0.2) is 4.68 Å². The first kappa shape index (κ1) is 14.0. The molecule has 0 bridgehead atoms. The third kappa shape index (κ3) is 3.04. The molecule has 0 atom stereocenters. The number of hydrogen-bond acceptors (Lipinski definition) is 4. The molecule has 0 saturated heterocycles. The van der Waals surface area contributed by atoms with Gasteiger partial charge in [0.2, 0.25) is 5.16 Å². The third-order valence-corrected chi connectivity index (χ3v) is 4.37. The monoisotopic (exact) mass is 316 g/mol. The van der Waals surface area contributed by atoms with Crippen molar-refractivity contribution in [1.82, 2.24) is 14.9 Å². The molecule has 0 radical (unpaired) electrons. The highest BCUT2D eigenvalue weighted by molar-refractivity contribution is 7.98. The van der Waals surface area contributed by atoms with E-state index in [-0.39, 0.29) is 0 Å². The number of aromatic nitrogens is 3. The summed E-state index contributed by atoms with van der Waals surface area (Å²) in [6.45, 7) is 0. The summed E-state index contributed by atoms with van der Waals surface area (Å²) < 4.78 is 1.51. The molecule has 0 spiro atoms. The van der Waals surface area contributed by atoms with E-state index in [4.69, 9.17) is 17.4 Å². The lowest BCUT2D eigenvalue weighted by Crippen LogP contribution is -2.11. The molecule has 0 aliphatic rings. The molecule has 2 aromatic carbocycles. The maximum atomic E-state index is 6.14. The number of nitrogen functional groups attached to an aromatic ring is 1. The summed E-state index contributed by atoms with van der Waals surface area (Å²) in [5.41, 5.74) is 1.99. The Kier molecular flexibility index (Phi) is 4.13. The quantitative estimate of drug-likeness (QED) is 0.590.